The molecule has 2 aromatic rings. The fourth-order valence-corrected chi connectivity index (χ4v) is 1.22. The van der Waals surface area contributed by atoms with E-state index in [-0.39, 0.29) is 0 Å². The summed E-state index contributed by atoms with van der Waals surface area (Å²) in [6, 6.07) is 5.68. The molecule has 2 heterocycles. The summed E-state index contributed by atoms with van der Waals surface area (Å²) in [7, 11) is 0. The molecule has 4 nitrogen and oxygen atoms in total. The molecule has 2 rings (SSSR count). The Bertz CT molecular complexity index is 439. The Morgan fingerprint density at radius 3 is 2.71 bits per heavy atom. The van der Waals surface area contributed by atoms with Gasteiger partial charge in [-0.3, -0.25) is 4.98 Å². The van der Waals surface area contributed by atoms with E-state index in [1.807, 2.05) is 25.1 Å². The average molecular weight is 186 g/mol. The second-order valence-corrected chi connectivity index (χ2v) is 2.95. The van der Waals surface area contributed by atoms with Crippen molar-refractivity contribution in [2.24, 2.45) is 0 Å². The van der Waals surface area contributed by atoms with Gasteiger partial charge in [0, 0.05) is 11.8 Å². The molecule has 0 aliphatic heterocycles. The van der Waals surface area contributed by atoms with Crippen molar-refractivity contribution < 1.29 is 0 Å². The van der Waals surface area contributed by atoms with Crippen LogP contribution < -0.4 is 5.73 Å². The Labute approximate surface area is 81.9 Å². The molecule has 0 radical (unpaired) electrons. The maximum atomic E-state index is 5.68. The molecule has 0 saturated heterocycles. The van der Waals surface area contributed by atoms with Crippen LogP contribution in [0.3, 0.4) is 0 Å². The zero-order valence-electron chi connectivity index (χ0n) is 7.81. The number of pyridine rings is 1. The van der Waals surface area contributed by atoms with Crippen molar-refractivity contribution in [2.75, 3.05) is 5.73 Å². The molecule has 0 amide bonds. The van der Waals surface area contributed by atoms with Crippen LogP contribution in [-0.4, -0.2) is 15.0 Å². The van der Waals surface area contributed by atoms with Crippen LogP contribution in [0.4, 0.5) is 5.82 Å². The number of nitrogens with two attached hydrogens (primary N) is 1. The maximum Gasteiger partial charge on any atom is 0.130 e. The molecule has 2 N–H and O–H groups in total. The van der Waals surface area contributed by atoms with Gasteiger partial charge < -0.3 is 5.73 Å². The van der Waals surface area contributed by atoms with Crippen molar-refractivity contribution in [1.82, 2.24) is 15.0 Å². The van der Waals surface area contributed by atoms with Gasteiger partial charge in [-0.2, -0.15) is 0 Å². The van der Waals surface area contributed by atoms with Crippen molar-refractivity contribution in [2.45, 2.75) is 6.92 Å². The minimum Gasteiger partial charge on any atom is -0.383 e. The van der Waals surface area contributed by atoms with Gasteiger partial charge in [-0.25, -0.2) is 9.97 Å². The van der Waals surface area contributed by atoms with Crippen molar-refractivity contribution in [3.63, 3.8) is 0 Å². The molecule has 0 aromatic carbocycles. The van der Waals surface area contributed by atoms with E-state index in [1.165, 1.54) is 6.33 Å². The first-order chi connectivity index (χ1) is 6.79. The van der Waals surface area contributed by atoms with Crippen LogP contribution in [0.25, 0.3) is 11.4 Å². The number of nitrogens with zero attached hydrogens (tertiary/aromatic N) is 3. The summed E-state index contributed by atoms with van der Waals surface area (Å²) in [6.45, 7) is 1.89. The van der Waals surface area contributed by atoms with E-state index in [0.29, 0.717) is 5.82 Å². The predicted molar refractivity (Wildman–Crippen MR) is 54.4 cm³/mol. The van der Waals surface area contributed by atoms with Gasteiger partial charge in [0.15, 0.2) is 0 Å². The Balaban J connectivity index is 2.58. The minimum absolute atomic E-state index is 0.501. The van der Waals surface area contributed by atoms with Crippen LogP contribution >= 0.6 is 0 Å². The van der Waals surface area contributed by atoms with Crippen molar-refractivity contribution in [3.05, 3.63) is 36.3 Å². The molecule has 2 aromatic heterocycles. The van der Waals surface area contributed by atoms with Gasteiger partial charge >= 0.3 is 0 Å². The van der Waals surface area contributed by atoms with Crippen LogP contribution in [0.1, 0.15) is 5.56 Å². The first kappa shape index (κ1) is 8.62. The SMILES string of the molecule is Cc1c(N)ncnc1-c1ccccn1. The monoisotopic (exact) mass is 186 g/mol. The number of hydrogen-bond acceptors (Lipinski definition) is 4. The molecule has 0 saturated carbocycles. The predicted octanol–water partition coefficient (Wildman–Crippen LogP) is 1.43. The normalized spacial score (nSPS) is 10.1. The molecule has 0 unspecified atom stereocenters. The number of rotatable bonds is 1. The molecule has 0 atom stereocenters. The van der Waals surface area contributed by atoms with E-state index in [9.17, 15) is 0 Å². The van der Waals surface area contributed by atoms with Crippen molar-refractivity contribution >= 4 is 5.82 Å². The van der Waals surface area contributed by atoms with Crippen LogP contribution in [0.15, 0.2) is 30.7 Å². The summed E-state index contributed by atoms with van der Waals surface area (Å²) in [6.07, 6.45) is 3.18. The topological polar surface area (TPSA) is 64.7 Å². The molecule has 0 fully saturated rings. The summed E-state index contributed by atoms with van der Waals surface area (Å²) in [4.78, 5) is 12.3. The highest BCUT2D eigenvalue weighted by atomic mass is 14.9. The van der Waals surface area contributed by atoms with E-state index < -0.39 is 0 Å². The van der Waals surface area contributed by atoms with Crippen molar-refractivity contribution in [1.29, 1.82) is 0 Å². The highest BCUT2D eigenvalue weighted by molar-refractivity contribution is 5.63. The highest BCUT2D eigenvalue weighted by Crippen LogP contribution is 2.20. The third-order valence-corrected chi connectivity index (χ3v) is 2.03. The number of anilines is 1. The lowest BCUT2D eigenvalue weighted by molar-refractivity contribution is 1.13. The molecule has 0 spiro atoms. The molecule has 0 aliphatic rings. The summed E-state index contributed by atoms with van der Waals surface area (Å²) < 4.78 is 0. The lowest BCUT2D eigenvalue weighted by Crippen LogP contribution is -1.99. The number of aromatic nitrogens is 3. The van der Waals surface area contributed by atoms with Gasteiger partial charge in [0.05, 0.1) is 11.4 Å². The van der Waals surface area contributed by atoms with E-state index in [4.69, 9.17) is 5.73 Å². The third kappa shape index (κ3) is 1.42. The van der Waals surface area contributed by atoms with Crippen LogP contribution in [0.2, 0.25) is 0 Å². The second-order valence-electron chi connectivity index (χ2n) is 2.95. The molecular formula is C10H10N4. The third-order valence-electron chi connectivity index (χ3n) is 2.03. The van der Waals surface area contributed by atoms with Crippen LogP contribution in [-0.2, 0) is 0 Å². The van der Waals surface area contributed by atoms with Gasteiger partial charge in [0.2, 0.25) is 0 Å². The minimum atomic E-state index is 0.501. The van der Waals surface area contributed by atoms with E-state index in [0.717, 1.165) is 17.0 Å². The Morgan fingerprint density at radius 2 is 2.00 bits per heavy atom. The van der Waals surface area contributed by atoms with Crippen molar-refractivity contribution in [3.8, 4) is 11.4 Å². The summed E-state index contributed by atoms with van der Waals surface area (Å²) in [5.41, 5.74) is 8.15. The second kappa shape index (κ2) is 3.41. The van der Waals surface area contributed by atoms with Gasteiger partial charge in [0.1, 0.15) is 12.1 Å². The standard InChI is InChI=1S/C10H10N4/c1-7-9(13-6-14-10(7)11)8-4-2-3-5-12-8/h2-6H,1H3,(H2,11,13,14). The fourth-order valence-electron chi connectivity index (χ4n) is 1.22. The smallest absolute Gasteiger partial charge is 0.130 e. The average Bonchev–Trinajstić information content (AvgIpc) is 2.23. The van der Waals surface area contributed by atoms with Gasteiger partial charge in [-0.1, -0.05) is 6.07 Å². The molecule has 4 heteroatoms. The first-order valence-corrected chi connectivity index (χ1v) is 4.27. The quantitative estimate of drug-likeness (QED) is 0.731. The number of nitrogen functional groups attached to an aromatic ring is 1. The van der Waals surface area contributed by atoms with Gasteiger partial charge in [-0.15, -0.1) is 0 Å². The van der Waals surface area contributed by atoms with Gasteiger partial charge in [-0.05, 0) is 19.1 Å². The Morgan fingerprint density at radius 1 is 1.14 bits per heavy atom. The fraction of sp³-hybridized carbons (Fsp3) is 0.100. The highest BCUT2D eigenvalue weighted by Gasteiger charge is 2.06. The lowest BCUT2D eigenvalue weighted by Gasteiger charge is -2.04. The van der Waals surface area contributed by atoms with E-state index >= 15 is 0 Å². The zero-order chi connectivity index (χ0) is 9.97. The number of hydrogen-bond donors (Lipinski definition) is 1. The van der Waals surface area contributed by atoms with Crippen LogP contribution in [0.5, 0.6) is 0 Å². The molecule has 0 aliphatic carbocycles. The summed E-state index contributed by atoms with van der Waals surface area (Å²) in [5, 5.41) is 0. The Kier molecular flexibility index (Phi) is 2.10. The molecular weight excluding hydrogens is 176 g/mol. The van der Waals surface area contributed by atoms with Gasteiger partial charge in [0.25, 0.3) is 0 Å². The molecule has 14 heavy (non-hydrogen) atoms. The summed E-state index contributed by atoms with van der Waals surface area (Å²) in [5.74, 6) is 0.501. The zero-order valence-corrected chi connectivity index (χ0v) is 7.81. The largest absolute Gasteiger partial charge is 0.383 e. The Hall–Kier alpha value is -1.97. The summed E-state index contributed by atoms with van der Waals surface area (Å²) >= 11 is 0. The lowest BCUT2D eigenvalue weighted by atomic mass is 10.1. The van der Waals surface area contributed by atoms with Crippen LogP contribution in [0, 0.1) is 6.92 Å². The molecule has 70 valence electrons. The van der Waals surface area contributed by atoms with E-state index in [2.05, 4.69) is 15.0 Å². The first-order valence-electron chi connectivity index (χ1n) is 4.27. The maximum absolute atomic E-state index is 5.68. The van der Waals surface area contributed by atoms with E-state index in [1.54, 1.807) is 6.20 Å². The molecule has 0 bridgehead atoms.